The number of hydrogen-bond acceptors (Lipinski definition) is 6. The van der Waals surface area contributed by atoms with Gasteiger partial charge in [0.1, 0.15) is 24.0 Å². The molecule has 0 radical (unpaired) electrons. The molecule has 0 aliphatic heterocycles. The molecule has 42 heavy (non-hydrogen) atoms. The van der Waals surface area contributed by atoms with Crippen LogP contribution in [0.1, 0.15) is 56.7 Å². The summed E-state index contributed by atoms with van der Waals surface area (Å²) >= 11 is 0. The first-order valence-electron chi connectivity index (χ1n) is 14.9. The van der Waals surface area contributed by atoms with Crippen LogP contribution < -0.4 is 19.5 Å². The molecule has 4 rings (SSSR count). The van der Waals surface area contributed by atoms with Crippen molar-refractivity contribution >= 4 is 0 Å². The van der Waals surface area contributed by atoms with Crippen LogP contribution in [-0.4, -0.2) is 39.5 Å². The quantitative estimate of drug-likeness (QED) is 0.148. The molecule has 0 saturated heterocycles. The summed E-state index contributed by atoms with van der Waals surface area (Å²) in [5, 5.41) is 3.70. The lowest BCUT2D eigenvalue weighted by Gasteiger charge is -2.25. The Bertz CT molecular complexity index is 1230. The molecule has 0 bridgehead atoms. The summed E-state index contributed by atoms with van der Waals surface area (Å²) in [4.78, 5) is 2.28. The van der Waals surface area contributed by atoms with Crippen LogP contribution in [0.5, 0.6) is 17.2 Å². The van der Waals surface area contributed by atoms with E-state index in [1.165, 1.54) is 34.4 Å². The molecule has 1 aliphatic rings. The minimum Gasteiger partial charge on any atom is -0.497 e. The van der Waals surface area contributed by atoms with Crippen LogP contribution in [0.15, 0.2) is 95.9 Å². The Balaban J connectivity index is 0.00000237. The van der Waals surface area contributed by atoms with Gasteiger partial charge in [0.05, 0.1) is 27.6 Å². The average molecular weight is 573 g/mol. The van der Waals surface area contributed by atoms with Gasteiger partial charge in [-0.15, -0.1) is 0 Å². The Kier molecular flexibility index (Phi) is 13.8. The maximum atomic E-state index is 6.22. The van der Waals surface area contributed by atoms with E-state index in [0.717, 1.165) is 61.7 Å². The van der Waals surface area contributed by atoms with Crippen molar-refractivity contribution < 1.29 is 18.9 Å². The van der Waals surface area contributed by atoms with Gasteiger partial charge in [0.15, 0.2) is 0 Å². The number of nitrogens with one attached hydrogen (secondary N) is 1. The first-order valence-corrected chi connectivity index (χ1v) is 14.9. The number of rotatable bonds is 15. The standard InChI is InChI=1S/C34H42N2O4.C2H6/c1-26(34(30-10-7-11-30)35-19-18-27-14-16-31(37-2)17-15-27)24-40-25-36(22-28-8-5-12-32(20-28)38-3)23-29-9-6-13-33(21-29)39-4;1-2/h5-6,8-9,12-17,20-21,24,35H,7,10-11,18-19,22-23,25H2,1-4H3;1-2H3/b26-24+;. The third kappa shape index (κ3) is 10.2. The fourth-order valence-corrected chi connectivity index (χ4v) is 4.80. The molecule has 1 fully saturated rings. The van der Waals surface area contributed by atoms with Gasteiger partial charge >= 0.3 is 0 Å². The van der Waals surface area contributed by atoms with E-state index in [1.54, 1.807) is 21.3 Å². The lowest BCUT2D eigenvalue weighted by molar-refractivity contribution is 0.0770. The summed E-state index contributed by atoms with van der Waals surface area (Å²) in [6, 6.07) is 24.7. The summed E-state index contributed by atoms with van der Waals surface area (Å²) < 4.78 is 22.4. The molecule has 1 saturated carbocycles. The summed E-state index contributed by atoms with van der Waals surface area (Å²) in [5.41, 5.74) is 7.47. The molecule has 0 unspecified atom stereocenters. The number of hydrogen-bond donors (Lipinski definition) is 1. The highest BCUT2D eigenvalue weighted by Gasteiger charge is 2.16. The lowest BCUT2D eigenvalue weighted by atomic mass is 9.88. The Morgan fingerprint density at radius 1 is 0.762 bits per heavy atom. The monoisotopic (exact) mass is 572 g/mol. The second kappa shape index (κ2) is 17.8. The van der Waals surface area contributed by atoms with Gasteiger partial charge in [-0.05, 0) is 91.3 Å². The Morgan fingerprint density at radius 3 is 1.83 bits per heavy atom. The minimum atomic E-state index is 0.459. The summed E-state index contributed by atoms with van der Waals surface area (Å²) in [7, 11) is 5.09. The SMILES string of the molecule is CC.COc1ccc(CCNC(=C2CCC2)/C(C)=C/OCN(Cc2cccc(OC)c2)Cc2cccc(OC)c2)cc1. The van der Waals surface area contributed by atoms with Crippen molar-refractivity contribution in [3.63, 3.8) is 0 Å². The van der Waals surface area contributed by atoms with E-state index in [4.69, 9.17) is 18.9 Å². The highest BCUT2D eigenvalue weighted by atomic mass is 16.5. The molecule has 0 heterocycles. The second-order valence-electron chi connectivity index (χ2n) is 10.1. The fraction of sp³-hybridized carbons (Fsp3) is 0.389. The van der Waals surface area contributed by atoms with Crippen molar-refractivity contribution in [3.05, 3.63) is 113 Å². The van der Waals surface area contributed by atoms with Crippen molar-refractivity contribution in [1.82, 2.24) is 10.2 Å². The van der Waals surface area contributed by atoms with Gasteiger partial charge in [0, 0.05) is 30.9 Å². The normalized spacial score (nSPS) is 12.5. The average Bonchev–Trinajstić information content (AvgIpc) is 3.01. The molecule has 3 aromatic carbocycles. The number of ether oxygens (including phenoxy) is 4. The van der Waals surface area contributed by atoms with Gasteiger partial charge < -0.3 is 24.3 Å². The van der Waals surface area contributed by atoms with Crippen molar-refractivity contribution in [3.8, 4) is 17.2 Å². The summed E-state index contributed by atoms with van der Waals surface area (Å²) in [6.07, 6.45) is 6.40. The fourth-order valence-electron chi connectivity index (χ4n) is 4.80. The van der Waals surface area contributed by atoms with Crippen molar-refractivity contribution in [2.24, 2.45) is 0 Å². The maximum Gasteiger partial charge on any atom is 0.141 e. The Hall–Kier alpha value is -3.90. The third-order valence-corrected chi connectivity index (χ3v) is 7.18. The van der Waals surface area contributed by atoms with Crippen LogP contribution in [0.2, 0.25) is 0 Å². The summed E-state index contributed by atoms with van der Waals surface area (Å²) in [5.74, 6) is 2.60. The predicted molar refractivity (Wildman–Crippen MR) is 172 cm³/mol. The molecular formula is C36H48N2O4. The lowest BCUT2D eigenvalue weighted by Crippen LogP contribution is -2.25. The molecule has 0 atom stereocenters. The molecule has 226 valence electrons. The van der Waals surface area contributed by atoms with E-state index in [0.29, 0.717) is 6.73 Å². The van der Waals surface area contributed by atoms with Crippen LogP contribution in [-0.2, 0) is 24.2 Å². The zero-order valence-corrected chi connectivity index (χ0v) is 26.2. The molecule has 1 aliphatic carbocycles. The molecule has 3 aromatic rings. The van der Waals surface area contributed by atoms with E-state index >= 15 is 0 Å². The van der Waals surface area contributed by atoms with E-state index in [-0.39, 0.29) is 0 Å². The van der Waals surface area contributed by atoms with E-state index < -0.39 is 0 Å². The number of benzene rings is 3. The van der Waals surface area contributed by atoms with E-state index in [9.17, 15) is 0 Å². The second-order valence-corrected chi connectivity index (χ2v) is 10.1. The highest BCUT2D eigenvalue weighted by molar-refractivity contribution is 5.35. The Morgan fingerprint density at radius 2 is 1.33 bits per heavy atom. The first kappa shape index (κ1) is 32.6. The van der Waals surface area contributed by atoms with Crippen LogP contribution >= 0.6 is 0 Å². The van der Waals surface area contributed by atoms with E-state index in [1.807, 2.05) is 56.5 Å². The van der Waals surface area contributed by atoms with E-state index in [2.05, 4.69) is 53.5 Å². The van der Waals surface area contributed by atoms with Crippen molar-refractivity contribution in [2.45, 2.75) is 59.5 Å². The molecule has 6 heteroatoms. The zero-order chi connectivity index (χ0) is 30.2. The number of allylic oxidation sites excluding steroid dienone is 2. The third-order valence-electron chi connectivity index (χ3n) is 7.18. The van der Waals surface area contributed by atoms with Gasteiger partial charge in [0.25, 0.3) is 0 Å². The van der Waals surface area contributed by atoms with Gasteiger partial charge in [-0.1, -0.05) is 50.2 Å². The highest BCUT2D eigenvalue weighted by Crippen LogP contribution is 2.30. The molecular weight excluding hydrogens is 524 g/mol. The number of methoxy groups -OCH3 is 3. The molecule has 6 nitrogen and oxygen atoms in total. The maximum absolute atomic E-state index is 6.22. The molecule has 0 amide bonds. The largest absolute Gasteiger partial charge is 0.497 e. The zero-order valence-electron chi connectivity index (χ0n) is 26.2. The molecule has 0 aromatic heterocycles. The number of nitrogens with zero attached hydrogens (tertiary/aromatic N) is 1. The predicted octanol–water partition coefficient (Wildman–Crippen LogP) is 7.89. The van der Waals surface area contributed by atoms with Crippen molar-refractivity contribution in [1.29, 1.82) is 0 Å². The van der Waals surface area contributed by atoms with Gasteiger partial charge in [0.2, 0.25) is 0 Å². The minimum absolute atomic E-state index is 0.459. The van der Waals surface area contributed by atoms with Gasteiger partial charge in [-0.3, -0.25) is 4.90 Å². The molecule has 0 spiro atoms. The van der Waals surface area contributed by atoms with Crippen LogP contribution in [0.3, 0.4) is 0 Å². The van der Waals surface area contributed by atoms with Crippen molar-refractivity contribution in [2.75, 3.05) is 34.6 Å². The van der Waals surface area contributed by atoms with Crippen LogP contribution in [0.4, 0.5) is 0 Å². The summed E-state index contributed by atoms with van der Waals surface area (Å²) in [6.45, 7) is 8.93. The van der Waals surface area contributed by atoms with Crippen LogP contribution in [0.25, 0.3) is 0 Å². The Labute approximate surface area is 252 Å². The smallest absolute Gasteiger partial charge is 0.141 e. The van der Waals surface area contributed by atoms with Gasteiger partial charge in [-0.2, -0.15) is 0 Å². The topological polar surface area (TPSA) is 52.2 Å². The van der Waals surface area contributed by atoms with Crippen LogP contribution in [0, 0.1) is 0 Å². The molecule has 1 N–H and O–H groups in total. The first-order chi connectivity index (χ1) is 20.6. The van der Waals surface area contributed by atoms with Gasteiger partial charge in [-0.25, -0.2) is 0 Å².